The zero-order valence-corrected chi connectivity index (χ0v) is 65.3. The molecule has 7 aliphatic heterocycles. The number of hydrogen-bond acceptors (Lipinski definition) is 11. The van der Waals surface area contributed by atoms with Gasteiger partial charge in [0.1, 0.15) is 0 Å². The minimum absolute atomic E-state index is 0. The Balaban J connectivity index is -0.000000170. The van der Waals surface area contributed by atoms with Crippen molar-refractivity contribution in [3.63, 3.8) is 0 Å². The van der Waals surface area contributed by atoms with E-state index < -0.39 is 0 Å². The number of amides is 3. The third kappa shape index (κ3) is 58.7. The van der Waals surface area contributed by atoms with Crippen LogP contribution < -0.4 is 0 Å². The number of piperazine rings is 2. The summed E-state index contributed by atoms with van der Waals surface area (Å²) in [6, 6.07) is 5.13. The lowest BCUT2D eigenvalue weighted by atomic mass is 10.1. The fraction of sp³-hybridized carbons (Fsp3) is 0.961. The van der Waals surface area contributed by atoms with Crippen molar-refractivity contribution in [1.29, 1.82) is 0 Å². The van der Waals surface area contributed by atoms with Crippen molar-refractivity contribution in [2.24, 2.45) is 5.92 Å². The molecule has 0 unspecified atom stereocenters. The van der Waals surface area contributed by atoms with Gasteiger partial charge in [0.05, 0.1) is 6.10 Å². The largest absolute Gasteiger partial charge is 0.382 e. The van der Waals surface area contributed by atoms with Gasteiger partial charge in [0.2, 0.25) is 17.7 Å². The van der Waals surface area contributed by atoms with Crippen molar-refractivity contribution in [1.82, 2.24) is 49.0 Å². The number of nitrogens with zero attached hydrogens (tertiary/aromatic N) is 10. The van der Waals surface area contributed by atoms with E-state index in [1.54, 1.807) is 14.0 Å². The Morgan fingerprint density at radius 2 is 0.633 bits per heavy atom. The van der Waals surface area contributed by atoms with Crippen LogP contribution in [0.4, 0.5) is 0 Å². The molecule has 90 heavy (non-hydrogen) atoms. The van der Waals surface area contributed by atoms with E-state index in [0.29, 0.717) is 42.1 Å². The van der Waals surface area contributed by atoms with Crippen LogP contribution in [0.5, 0.6) is 0 Å². The number of methoxy groups -OCH3 is 1. The van der Waals surface area contributed by atoms with Crippen LogP contribution in [0.1, 0.15) is 291 Å². The topological polar surface area (TPSA) is 92.8 Å². The summed E-state index contributed by atoms with van der Waals surface area (Å²) in [7, 11) is 8.04. The van der Waals surface area contributed by atoms with E-state index in [9.17, 15) is 14.4 Å². The first kappa shape index (κ1) is 102. The Labute approximate surface area is 567 Å². The summed E-state index contributed by atoms with van der Waals surface area (Å²) in [5.41, 5.74) is 0. The van der Waals surface area contributed by atoms with Gasteiger partial charge in [-0.1, -0.05) is 89.0 Å². The molecule has 0 aromatic heterocycles. The fourth-order valence-corrected chi connectivity index (χ4v) is 9.78. The van der Waals surface area contributed by atoms with Crippen molar-refractivity contribution in [2.75, 3.05) is 133 Å². The van der Waals surface area contributed by atoms with Gasteiger partial charge in [0, 0.05) is 141 Å². The minimum Gasteiger partial charge on any atom is -0.382 e. The van der Waals surface area contributed by atoms with Gasteiger partial charge in [-0.25, -0.2) is 0 Å². The van der Waals surface area contributed by atoms with E-state index in [1.807, 2.05) is 56.2 Å². The number of carbonyl (C=O) groups excluding carboxylic acids is 3. The molecular weight excluding hydrogens is 1120 g/mol. The second-order valence-electron chi connectivity index (χ2n) is 27.7. The third-order valence-electron chi connectivity index (χ3n) is 17.2. The molecule has 14 heteroatoms. The molecule has 0 bridgehead atoms. The predicted octanol–water partition coefficient (Wildman–Crippen LogP) is 16.6. The highest BCUT2D eigenvalue weighted by Gasteiger charge is 2.23. The molecule has 0 aromatic rings. The first-order valence-corrected chi connectivity index (χ1v) is 36.8. The molecule has 0 aromatic carbocycles. The van der Waals surface area contributed by atoms with E-state index in [-0.39, 0.29) is 20.8 Å². The fourth-order valence-electron chi connectivity index (χ4n) is 9.78. The molecule has 7 saturated heterocycles. The third-order valence-corrected chi connectivity index (χ3v) is 17.2. The maximum Gasteiger partial charge on any atom is 0.222 e. The van der Waals surface area contributed by atoms with Crippen LogP contribution in [0.25, 0.3) is 0 Å². The SMILES string of the molecule is C.C.CC.CC.CC(=O)N1CCN(C(C)C)CC1.CC(C)N(C)C.CC(C)N1CCCC1.CC(C)N1CCCC1=O.CC(C)N1CCCCC1.CC(C)N1CCCCC1=O.CC(C)N1CCCCCC1.CC(C)N1CCN(C)CC1.CCC(C)C.COC(C)C. The molecule has 0 aliphatic carbocycles. The summed E-state index contributed by atoms with van der Waals surface area (Å²) in [5.74, 6) is 1.75. The normalized spacial score (nSPS) is 18.4. The molecule has 7 aliphatic rings. The molecular formula is C76H170N10O4. The van der Waals surface area contributed by atoms with Crippen LogP contribution in [0, 0.1) is 5.92 Å². The molecule has 3 amide bonds. The van der Waals surface area contributed by atoms with Crippen LogP contribution in [0.15, 0.2) is 0 Å². The molecule has 0 saturated carbocycles. The molecule has 0 atom stereocenters. The Kier molecular flexibility index (Phi) is 74.2. The van der Waals surface area contributed by atoms with Crippen LogP contribution in [0.3, 0.4) is 0 Å². The van der Waals surface area contributed by atoms with E-state index in [4.69, 9.17) is 4.74 Å². The van der Waals surface area contributed by atoms with Crippen molar-refractivity contribution < 1.29 is 19.1 Å². The molecule has 7 fully saturated rings. The second kappa shape index (κ2) is 65.7. The van der Waals surface area contributed by atoms with Crippen molar-refractivity contribution in [3.05, 3.63) is 0 Å². The van der Waals surface area contributed by atoms with E-state index >= 15 is 0 Å². The first-order valence-electron chi connectivity index (χ1n) is 36.8. The molecule has 7 rings (SSSR count). The highest BCUT2D eigenvalue weighted by Crippen LogP contribution is 2.16. The number of piperidine rings is 2. The van der Waals surface area contributed by atoms with Crippen LogP contribution in [-0.4, -0.2) is 254 Å². The van der Waals surface area contributed by atoms with E-state index in [2.05, 4.69) is 187 Å². The average Bonchev–Trinajstić information content (AvgIpc) is 3.72. The summed E-state index contributed by atoms with van der Waals surface area (Å²) < 4.78 is 4.75. The van der Waals surface area contributed by atoms with Gasteiger partial charge >= 0.3 is 0 Å². The van der Waals surface area contributed by atoms with Crippen LogP contribution >= 0.6 is 0 Å². The standard InChI is InChI=1S/C9H18N2O.C9H19N.C8H18N2.C8H15NO.C8H17N.C7H13NO.C7H15N.C5H13N.C5H12.C4H10O.2C2H6.2CH4/c1-8(2)10-4-6-11(7-5-10)9(3)12;1-9(2)10-7-5-3-4-6-8-10;1-8(2)10-6-4-9(3)5-7-10;1-7(2)9-6-4-3-5-8(9)10;1-8(2)9-6-4-3-5-7-9;1-6(2)8-5-3-4-7(8)9;1-7(2)8-5-3-4-6-8;1-5(2)6(3)4;1-4-5(2)3;1-4(2)5-3;2*1-2;;/h8H,4-7H2,1-3H3;9H,3-8H2,1-2H3;8H,4-7H2,1-3H3;7H,3-6H2,1-2H3;8H,3-7H2,1-2H3;6H,3-5H2,1-2H3;7H,3-6H2,1-2H3;5H,1-4H3;5H,4H2,1-3H3;4H,1-3H3;2*1-2H3;2*1H4. The van der Waals surface area contributed by atoms with Crippen molar-refractivity contribution in [2.45, 2.75) is 346 Å². The monoisotopic (exact) mass is 1290 g/mol. The summed E-state index contributed by atoms with van der Waals surface area (Å²) in [6.07, 6.45) is 19.4. The number of ether oxygens (including phenoxy) is 1. The van der Waals surface area contributed by atoms with Gasteiger partial charge < -0.3 is 43.9 Å². The predicted molar refractivity (Wildman–Crippen MR) is 404 cm³/mol. The second-order valence-corrected chi connectivity index (χ2v) is 27.7. The molecule has 14 nitrogen and oxygen atoms in total. The lowest BCUT2D eigenvalue weighted by molar-refractivity contribution is -0.135. The number of rotatable bonds is 10. The zero-order valence-electron chi connectivity index (χ0n) is 65.3. The highest BCUT2D eigenvalue weighted by molar-refractivity contribution is 5.78. The van der Waals surface area contributed by atoms with Crippen LogP contribution in [-0.2, 0) is 19.1 Å². The number of hydrogen-bond donors (Lipinski definition) is 0. The van der Waals surface area contributed by atoms with Gasteiger partial charge in [-0.3, -0.25) is 24.2 Å². The summed E-state index contributed by atoms with van der Waals surface area (Å²) in [6.45, 7) is 74.2. The molecule has 0 radical (unpaired) electrons. The molecule has 548 valence electrons. The Bertz CT molecular complexity index is 1480. The Morgan fingerprint density at radius 3 is 0.844 bits per heavy atom. The maximum absolute atomic E-state index is 11.2. The lowest BCUT2D eigenvalue weighted by Gasteiger charge is -2.36. The van der Waals surface area contributed by atoms with E-state index in [0.717, 1.165) is 95.0 Å². The highest BCUT2D eigenvalue weighted by atomic mass is 16.5. The summed E-state index contributed by atoms with van der Waals surface area (Å²) in [5, 5.41) is 0. The summed E-state index contributed by atoms with van der Waals surface area (Å²) in [4.78, 5) is 56.1. The lowest BCUT2D eigenvalue weighted by Crippen LogP contribution is -2.50. The molecule has 0 N–H and O–H groups in total. The van der Waals surface area contributed by atoms with Gasteiger partial charge in [-0.15, -0.1) is 0 Å². The number of likely N-dealkylation sites (tertiary alicyclic amines) is 5. The van der Waals surface area contributed by atoms with Gasteiger partial charge in [0.25, 0.3) is 0 Å². The quantitative estimate of drug-likeness (QED) is 0.209. The minimum atomic E-state index is 0. The Morgan fingerprint density at radius 1 is 0.400 bits per heavy atom. The molecule has 7 heterocycles. The molecule has 0 spiro atoms. The van der Waals surface area contributed by atoms with Gasteiger partial charge in [-0.05, 0) is 249 Å². The maximum atomic E-state index is 11.2. The smallest absolute Gasteiger partial charge is 0.222 e. The average molecular weight is 1290 g/mol. The number of carbonyl (C=O) groups is 3. The zero-order chi connectivity index (χ0) is 68.9. The summed E-state index contributed by atoms with van der Waals surface area (Å²) >= 11 is 0. The van der Waals surface area contributed by atoms with Crippen molar-refractivity contribution in [3.8, 4) is 0 Å². The van der Waals surface area contributed by atoms with Crippen molar-refractivity contribution >= 4 is 17.7 Å². The first-order chi connectivity index (χ1) is 41.3. The van der Waals surface area contributed by atoms with E-state index in [1.165, 1.54) is 136 Å². The Hall–Kier alpha value is -1.91. The van der Waals surface area contributed by atoms with Gasteiger partial charge in [-0.2, -0.15) is 0 Å². The van der Waals surface area contributed by atoms with Crippen LogP contribution in [0.2, 0.25) is 0 Å². The van der Waals surface area contributed by atoms with Gasteiger partial charge in [0.15, 0.2) is 0 Å². The number of likely N-dealkylation sites (N-methyl/N-ethyl adjacent to an activating group) is 1.